The lowest BCUT2D eigenvalue weighted by atomic mass is 10.1. The molecule has 0 radical (unpaired) electrons. The van der Waals surface area contributed by atoms with Gasteiger partial charge in [-0.25, -0.2) is 4.39 Å². The van der Waals surface area contributed by atoms with Gasteiger partial charge < -0.3 is 19.5 Å². The van der Waals surface area contributed by atoms with Crippen LogP contribution in [0.2, 0.25) is 5.02 Å². The molecule has 0 saturated carbocycles. The summed E-state index contributed by atoms with van der Waals surface area (Å²) in [6, 6.07) is 16.2. The molecule has 3 rings (SSSR count). The SMILES string of the molecule is CCOc1cc(CNCc2ccc(OC)cc2)cc(Br)c1OCc1ccc(F)cc1Cl. The van der Waals surface area contributed by atoms with Crippen LogP contribution in [0.3, 0.4) is 0 Å². The Morgan fingerprint density at radius 3 is 2.39 bits per heavy atom. The van der Waals surface area contributed by atoms with Crippen molar-refractivity contribution >= 4 is 27.5 Å². The second-order valence-corrected chi connectivity index (χ2v) is 8.08. The van der Waals surface area contributed by atoms with Gasteiger partial charge in [-0.05, 0) is 70.4 Å². The molecule has 0 amide bonds. The van der Waals surface area contributed by atoms with Crippen molar-refractivity contribution in [1.29, 1.82) is 0 Å². The number of benzene rings is 3. The van der Waals surface area contributed by atoms with Crippen LogP contribution >= 0.6 is 27.5 Å². The second-order valence-electron chi connectivity index (χ2n) is 6.81. The van der Waals surface area contributed by atoms with Crippen molar-refractivity contribution in [2.45, 2.75) is 26.6 Å². The highest BCUT2D eigenvalue weighted by Crippen LogP contribution is 2.38. The number of methoxy groups -OCH3 is 1. The van der Waals surface area contributed by atoms with Crippen molar-refractivity contribution < 1.29 is 18.6 Å². The predicted molar refractivity (Wildman–Crippen MR) is 125 cm³/mol. The van der Waals surface area contributed by atoms with Crippen LogP contribution in [-0.4, -0.2) is 13.7 Å². The zero-order chi connectivity index (χ0) is 22.2. The van der Waals surface area contributed by atoms with Crippen LogP contribution in [0.25, 0.3) is 0 Å². The smallest absolute Gasteiger partial charge is 0.175 e. The summed E-state index contributed by atoms with van der Waals surface area (Å²) >= 11 is 9.69. The lowest BCUT2D eigenvalue weighted by Crippen LogP contribution is -2.13. The van der Waals surface area contributed by atoms with Gasteiger partial charge in [-0.2, -0.15) is 0 Å². The van der Waals surface area contributed by atoms with Gasteiger partial charge >= 0.3 is 0 Å². The molecule has 0 spiro atoms. The molecule has 4 nitrogen and oxygen atoms in total. The molecule has 0 heterocycles. The molecule has 31 heavy (non-hydrogen) atoms. The molecule has 0 unspecified atom stereocenters. The molecule has 0 fully saturated rings. The highest BCUT2D eigenvalue weighted by Gasteiger charge is 2.14. The normalized spacial score (nSPS) is 10.7. The third kappa shape index (κ3) is 6.60. The highest BCUT2D eigenvalue weighted by molar-refractivity contribution is 9.10. The summed E-state index contributed by atoms with van der Waals surface area (Å²) in [6.45, 7) is 4.01. The van der Waals surface area contributed by atoms with Crippen molar-refractivity contribution in [3.05, 3.63) is 86.6 Å². The lowest BCUT2D eigenvalue weighted by Gasteiger charge is -2.16. The topological polar surface area (TPSA) is 39.7 Å². The summed E-state index contributed by atoms with van der Waals surface area (Å²) in [4.78, 5) is 0. The molecule has 0 aliphatic rings. The van der Waals surface area contributed by atoms with Crippen LogP contribution < -0.4 is 19.5 Å². The monoisotopic (exact) mass is 507 g/mol. The van der Waals surface area contributed by atoms with Gasteiger partial charge in [-0.1, -0.05) is 29.8 Å². The van der Waals surface area contributed by atoms with E-state index in [-0.39, 0.29) is 12.4 Å². The van der Waals surface area contributed by atoms with Gasteiger partial charge in [0.25, 0.3) is 0 Å². The van der Waals surface area contributed by atoms with E-state index in [9.17, 15) is 4.39 Å². The molecule has 0 atom stereocenters. The zero-order valence-corrected chi connectivity index (χ0v) is 19.7. The average molecular weight is 509 g/mol. The van der Waals surface area contributed by atoms with E-state index in [1.165, 1.54) is 17.7 Å². The summed E-state index contributed by atoms with van der Waals surface area (Å²) in [5.74, 6) is 1.68. The van der Waals surface area contributed by atoms with E-state index in [4.69, 9.17) is 25.8 Å². The Kier molecular flexibility index (Phi) is 8.58. The van der Waals surface area contributed by atoms with Gasteiger partial charge in [0.1, 0.15) is 18.2 Å². The van der Waals surface area contributed by atoms with Gasteiger partial charge in [-0.3, -0.25) is 0 Å². The first kappa shape index (κ1) is 23.4. The minimum atomic E-state index is -0.378. The third-order valence-electron chi connectivity index (χ3n) is 4.57. The van der Waals surface area contributed by atoms with E-state index in [2.05, 4.69) is 21.2 Å². The summed E-state index contributed by atoms with van der Waals surface area (Å²) < 4.78 is 31.0. The number of hydrogen-bond donors (Lipinski definition) is 1. The number of ether oxygens (including phenoxy) is 3. The molecule has 7 heteroatoms. The van der Waals surface area contributed by atoms with Gasteiger partial charge in [0.2, 0.25) is 0 Å². The molecule has 0 aromatic heterocycles. The minimum Gasteiger partial charge on any atom is -0.497 e. The lowest BCUT2D eigenvalue weighted by molar-refractivity contribution is 0.267. The molecule has 3 aromatic carbocycles. The number of halogens is 3. The fraction of sp³-hybridized carbons (Fsp3) is 0.250. The molecular formula is C24H24BrClFNO3. The molecule has 0 saturated heterocycles. The Hall–Kier alpha value is -2.28. The van der Waals surface area contributed by atoms with E-state index >= 15 is 0 Å². The Labute approximate surface area is 195 Å². The molecular weight excluding hydrogens is 485 g/mol. The van der Waals surface area contributed by atoms with Crippen molar-refractivity contribution in [3.63, 3.8) is 0 Å². The maximum absolute atomic E-state index is 13.3. The predicted octanol–water partition coefficient (Wildman–Crippen LogP) is 6.52. The van der Waals surface area contributed by atoms with Crippen molar-refractivity contribution in [2.24, 2.45) is 0 Å². The highest BCUT2D eigenvalue weighted by atomic mass is 79.9. The molecule has 0 bridgehead atoms. The van der Waals surface area contributed by atoms with Crippen LogP contribution in [0.5, 0.6) is 17.2 Å². The maximum atomic E-state index is 13.3. The Morgan fingerprint density at radius 2 is 1.71 bits per heavy atom. The van der Waals surface area contributed by atoms with E-state index in [1.54, 1.807) is 13.2 Å². The van der Waals surface area contributed by atoms with Crippen molar-refractivity contribution in [1.82, 2.24) is 5.32 Å². The Balaban J connectivity index is 1.67. The van der Waals surface area contributed by atoms with E-state index in [0.717, 1.165) is 22.3 Å². The molecule has 3 aromatic rings. The standard InChI is InChI=1S/C24H24BrClFNO3/c1-3-30-23-11-17(14-28-13-16-4-8-20(29-2)9-5-16)10-21(25)24(23)31-15-18-6-7-19(27)12-22(18)26/h4-12,28H,3,13-15H2,1-2H3. The fourth-order valence-corrected chi connectivity index (χ4v) is 3.84. The van der Waals surface area contributed by atoms with E-state index in [1.807, 2.05) is 43.3 Å². The summed E-state index contributed by atoms with van der Waals surface area (Å²) in [5, 5.41) is 3.76. The summed E-state index contributed by atoms with van der Waals surface area (Å²) in [6.07, 6.45) is 0. The van der Waals surface area contributed by atoms with Gasteiger partial charge in [0.15, 0.2) is 11.5 Å². The first-order valence-corrected chi connectivity index (χ1v) is 11.0. The molecule has 1 N–H and O–H groups in total. The summed E-state index contributed by atoms with van der Waals surface area (Å²) in [7, 11) is 1.66. The van der Waals surface area contributed by atoms with E-state index in [0.29, 0.717) is 35.2 Å². The van der Waals surface area contributed by atoms with E-state index < -0.39 is 0 Å². The zero-order valence-electron chi connectivity index (χ0n) is 17.4. The molecule has 0 aliphatic heterocycles. The van der Waals surface area contributed by atoms with Crippen molar-refractivity contribution in [3.8, 4) is 17.2 Å². The van der Waals surface area contributed by atoms with Crippen LogP contribution in [0, 0.1) is 5.82 Å². The van der Waals surface area contributed by atoms with Gasteiger partial charge in [-0.15, -0.1) is 0 Å². The fourth-order valence-electron chi connectivity index (χ4n) is 3.01. The van der Waals surface area contributed by atoms with Crippen LogP contribution in [0.1, 0.15) is 23.6 Å². The van der Waals surface area contributed by atoms with Crippen LogP contribution in [-0.2, 0) is 19.7 Å². The number of nitrogens with one attached hydrogen (secondary N) is 1. The van der Waals surface area contributed by atoms with Crippen molar-refractivity contribution in [2.75, 3.05) is 13.7 Å². The van der Waals surface area contributed by atoms with Crippen LogP contribution in [0.15, 0.2) is 59.1 Å². The van der Waals surface area contributed by atoms with Gasteiger partial charge in [0, 0.05) is 18.7 Å². The number of rotatable bonds is 10. The Bertz CT molecular complexity index is 1010. The second kappa shape index (κ2) is 11.4. The summed E-state index contributed by atoms with van der Waals surface area (Å²) in [5.41, 5.74) is 2.92. The number of hydrogen-bond acceptors (Lipinski definition) is 4. The maximum Gasteiger partial charge on any atom is 0.175 e. The quantitative estimate of drug-likeness (QED) is 0.338. The molecule has 0 aliphatic carbocycles. The third-order valence-corrected chi connectivity index (χ3v) is 5.51. The largest absolute Gasteiger partial charge is 0.497 e. The first-order chi connectivity index (χ1) is 15.0. The Morgan fingerprint density at radius 1 is 0.968 bits per heavy atom. The van der Waals surface area contributed by atoms with Gasteiger partial charge in [0.05, 0.1) is 23.2 Å². The average Bonchev–Trinajstić information content (AvgIpc) is 2.75. The first-order valence-electron chi connectivity index (χ1n) is 9.85. The minimum absolute atomic E-state index is 0.201. The van der Waals surface area contributed by atoms with Crippen LogP contribution in [0.4, 0.5) is 4.39 Å². The molecule has 164 valence electrons.